The van der Waals surface area contributed by atoms with E-state index in [0.717, 1.165) is 31.5 Å². The average molecular weight is 326 g/mol. The maximum atomic E-state index is 13.6. The van der Waals surface area contributed by atoms with Gasteiger partial charge in [-0.25, -0.2) is 4.39 Å². The van der Waals surface area contributed by atoms with Crippen molar-refractivity contribution in [1.82, 2.24) is 4.90 Å². The van der Waals surface area contributed by atoms with E-state index < -0.39 is 0 Å². The number of likely N-dealkylation sites (tertiary alicyclic amines) is 1. The molecule has 2 N–H and O–H groups in total. The molecule has 2 heterocycles. The first-order valence-electron chi connectivity index (χ1n) is 8.57. The Kier molecular flexibility index (Phi) is 3.82. The molecule has 3 nitrogen and oxygen atoms in total. The lowest BCUT2D eigenvalue weighted by atomic mass is 9.86. The van der Waals surface area contributed by atoms with Crippen molar-refractivity contribution in [3.05, 3.63) is 65.5 Å². The number of rotatable bonds is 2. The van der Waals surface area contributed by atoms with E-state index in [1.807, 2.05) is 6.07 Å². The third kappa shape index (κ3) is 2.80. The van der Waals surface area contributed by atoms with Gasteiger partial charge >= 0.3 is 0 Å². The monoisotopic (exact) mass is 326 g/mol. The Labute approximate surface area is 142 Å². The quantitative estimate of drug-likeness (QED) is 0.916. The fourth-order valence-electron chi connectivity index (χ4n) is 4.20. The zero-order valence-electron chi connectivity index (χ0n) is 13.9. The molecule has 0 saturated carbocycles. The van der Waals surface area contributed by atoms with Crippen LogP contribution in [0, 0.1) is 5.82 Å². The van der Waals surface area contributed by atoms with Crippen LogP contribution in [0.15, 0.2) is 48.5 Å². The molecule has 126 valence electrons. The molecule has 0 aromatic heterocycles. The highest BCUT2D eigenvalue weighted by Gasteiger charge is 2.48. The Bertz CT molecular complexity index is 736. The van der Waals surface area contributed by atoms with E-state index in [4.69, 9.17) is 10.5 Å². The predicted octanol–water partition coefficient (Wildman–Crippen LogP) is 3.64. The summed E-state index contributed by atoms with van der Waals surface area (Å²) in [5.41, 5.74) is 8.27. The number of nitrogens with two attached hydrogens (primary N) is 1. The fourth-order valence-corrected chi connectivity index (χ4v) is 4.20. The van der Waals surface area contributed by atoms with Crippen molar-refractivity contribution < 1.29 is 9.13 Å². The van der Waals surface area contributed by atoms with Crippen molar-refractivity contribution in [3.63, 3.8) is 0 Å². The van der Waals surface area contributed by atoms with Crippen LogP contribution in [-0.4, -0.2) is 23.1 Å². The van der Waals surface area contributed by atoms with Crippen molar-refractivity contribution in [1.29, 1.82) is 0 Å². The van der Waals surface area contributed by atoms with E-state index in [-0.39, 0.29) is 17.5 Å². The summed E-state index contributed by atoms with van der Waals surface area (Å²) < 4.78 is 19.9. The third-order valence-corrected chi connectivity index (χ3v) is 5.30. The number of halogens is 1. The predicted molar refractivity (Wildman–Crippen MR) is 92.2 cm³/mol. The van der Waals surface area contributed by atoms with Gasteiger partial charge < -0.3 is 10.5 Å². The molecule has 0 bridgehead atoms. The number of hydrogen-bond donors (Lipinski definition) is 1. The summed E-state index contributed by atoms with van der Waals surface area (Å²) >= 11 is 0. The van der Waals surface area contributed by atoms with Crippen molar-refractivity contribution in [3.8, 4) is 5.75 Å². The average Bonchev–Trinajstić information content (AvgIpc) is 2.82. The summed E-state index contributed by atoms with van der Waals surface area (Å²) in [6.07, 6.45) is 1.70. The van der Waals surface area contributed by atoms with E-state index in [2.05, 4.69) is 36.1 Å². The van der Waals surface area contributed by atoms with Gasteiger partial charge in [-0.2, -0.15) is 0 Å². The summed E-state index contributed by atoms with van der Waals surface area (Å²) in [7, 11) is 0. The van der Waals surface area contributed by atoms with Crippen molar-refractivity contribution >= 4 is 0 Å². The molecule has 1 fully saturated rings. The van der Waals surface area contributed by atoms with Gasteiger partial charge in [-0.1, -0.05) is 36.4 Å². The lowest BCUT2D eigenvalue weighted by Crippen LogP contribution is -2.45. The van der Waals surface area contributed by atoms with Gasteiger partial charge in [0, 0.05) is 49.6 Å². The van der Waals surface area contributed by atoms with Crippen molar-refractivity contribution in [2.24, 2.45) is 5.73 Å². The van der Waals surface area contributed by atoms with Crippen molar-refractivity contribution in [2.45, 2.75) is 44.0 Å². The molecular formula is C20H23FN2O. The standard InChI is InChI=1S/C20H23FN2O/c1-14-10-20(13-23(14)12-15-5-3-2-4-6-15)11-18(22)17-8-7-16(21)9-19(17)24-20/h2-9,14,18H,10-13,22H2,1H3. The van der Waals surface area contributed by atoms with E-state index in [9.17, 15) is 4.39 Å². The highest BCUT2D eigenvalue weighted by molar-refractivity contribution is 5.39. The molecule has 2 aliphatic heterocycles. The van der Waals surface area contributed by atoms with Crippen LogP contribution in [0.2, 0.25) is 0 Å². The zero-order chi connectivity index (χ0) is 16.7. The maximum Gasteiger partial charge on any atom is 0.127 e. The molecule has 4 heteroatoms. The second kappa shape index (κ2) is 5.87. The Morgan fingerprint density at radius 3 is 2.79 bits per heavy atom. The number of fused-ring (bicyclic) bond motifs is 1. The molecular weight excluding hydrogens is 303 g/mol. The van der Waals surface area contributed by atoms with Crippen LogP contribution in [0.1, 0.15) is 36.9 Å². The summed E-state index contributed by atoms with van der Waals surface area (Å²) in [6.45, 7) is 3.96. The summed E-state index contributed by atoms with van der Waals surface area (Å²) in [5.74, 6) is 0.340. The highest BCUT2D eigenvalue weighted by Crippen LogP contribution is 2.44. The van der Waals surface area contributed by atoms with Gasteiger partial charge in [0.1, 0.15) is 17.2 Å². The van der Waals surface area contributed by atoms with E-state index in [1.165, 1.54) is 17.7 Å². The minimum absolute atomic E-state index is 0.0989. The fraction of sp³-hybridized carbons (Fsp3) is 0.400. The van der Waals surface area contributed by atoms with Crippen LogP contribution < -0.4 is 10.5 Å². The van der Waals surface area contributed by atoms with E-state index in [0.29, 0.717) is 11.8 Å². The van der Waals surface area contributed by atoms with Crippen LogP contribution in [0.5, 0.6) is 5.75 Å². The minimum atomic E-state index is -0.311. The number of benzene rings is 2. The SMILES string of the molecule is CC1CC2(CC(N)c3ccc(F)cc3O2)CN1Cc1ccccc1. The molecule has 0 amide bonds. The van der Waals surface area contributed by atoms with Crippen LogP contribution in [0.3, 0.4) is 0 Å². The first-order valence-corrected chi connectivity index (χ1v) is 8.57. The number of ether oxygens (including phenoxy) is 1. The molecule has 2 aromatic carbocycles. The van der Waals surface area contributed by atoms with Crippen LogP contribution in [-0.2, 0) is 6.54 Å². The van der Waals surface area contributed by atoms with E-state index in [1.54, 1.807) is 6.07 Å². The van der Waals surface area contributed by atoms with Crippen LogP contribution >= 0.6 is 0 Å². The molecule has 2 aliphatic rings. The zero-order valence-corrected chi connectivity index (χ0v) is 13.9. The normalized spacial score (nSPS) is 29.5. The Morgan fingerprint density at radius 1 is 1.21 bits per heavy atom. The van der Waals surface area contributed by atoms with Gasteiger partial charge in [0.05, 0.1) is 0 Å². The Hall–Kier alpha value is -1.91. The molecule has 24 heavy (non-hydrogen) atoms. The molecule has 1 spiro atoms. The molecule has 1 saturated heterocycles. The summed E-state index contributed by atoms with van der Waals surface area (Å²) in [5, 5.41) is 0. The van der Waals surface area contributed by atoms with Gasteiger partial charge in [-0.15, -0.1) is 0 Å². The largest absolute Gasteiger partial charge is 0.485 e. The third-order valence-electron chi connectivity index (χ3n) is 5.30. The maximum absolute atomic E-state index is 13.6. The topological polar surface area (TPSA) is 38.5 Å². The van der Waals surface area contributed by atoms with Gasteiger partial charge in [0.25, 0.3) is 0 Å². The summed E-state index contributed by atoms with van der Waals surface area (Å²) in [6, 6.07) is 15.5. The second-order valence-corrected chi connectivity index (χ2v) is 7.22. The highest BCUT2D eigenvalue weighted by atomic mass is 19.1. The van der Waals surface area contributed by atoms with E-state index >= 15 is 0 Å². The Balaban J connectivity index is 1.56. The van der Waals surface area contributed by atoms with Gasteiger partial charge in [-0.3, -0.25) is 4.90 Å². The van der Waals surface area contributed by atoms with Gasteiger partial charge in [-0.05, 0) is 18.6 Å². The lowest BCUT2D eigenvalue weighted by molar-refractivity contribution is 0.0430. The molecule has 0 radical (unpaired) electrons. The minimum Gasteiger partial charge on any atom is -0.485 e. The first kappa shape index (κ1) is 15.6. The molecule has 0 aliphatic carbocycles. The number of hydrogen-bond acceptors (Lipinski definition) is 3. The molecule has 2 aromatic rings. The molecule has 3 unspecified atom stereocenters. The number of nitrogens with zero attached hydrogens (tertiary/aromatic N) is 1. The van der Waals surface area contributed by atoms with Gasteiger partial charge in [0.15, 0.2) is 0 Å². The first-order chi connectivity index (χ1) is 11.5. The van der Waals surface area contributed by atoms with Crippen LogP contribution in [0.4, 0.5) is 4.39 Å². The van der Waals surface area contributed by atoms with Gasteiger partial charge in [0.2, 0.25) is 0 Å². The van der Waals surface area contributed by atoms with Crippen molar-refractivity contribution in [2.75, 3.05) is 6.54 Å². The van der Waals surface area contributed by atoms with Crippen LogP contribution in [0.25, 0.3) is 0 Å². The molecule has 3 atom stereocenters. The smallest absolute Gasteiger partial charge is 0.127 e. The summed E-state index contributed by atoms with van der Waals surface area (Å²) in [4.78, 5) is 2.44. The lowest BCUT2D eigenvalue weighted by Gasteiger charge is -2.38. The second-order valence-electron chi connectivity index (χ2n) is 7.22. The molecule has 4 rings (SSSR count). The Morgan fingerprint density at radius 2 is 2.00 bits per heavy atom.